The molecule has 2 aromatic carbocycles. The van der Waals surface area contributed by atoms with Crippen LogP contribution in [0.1, 0.15) is 30.4 Å². The number of ether oxygens (including phenoxy) is 2. The monoisotopic (exact) mass is 345 g/mol. The Balaban J connectivity index is 1.57. The van der Waals surface area contributed by atoms with Gasteiger partial charge < -0.3 is 14.8 Å². The van der Waals surface area contributed by atoms with Crippen molar-refractivity contribution in [2.45, 2.75) is 25.8 Å². The number of rotatable bonds is 5. The average molecular weight is 346 g/mol. The van der Waals surface area contributed by atoms with Gasteiger partial charge in [-0.15, -0.1) is 0 Å². The number of hydrogen-bond donors (Lipinski definition) is 1. The van der Waals surface area contributed by atoms with Crippen molar-refractivity contribution in [2.75, 3.05) is 13.2 Å². The SMILES string of the molecule is CC(CC(=O)NCc1ccccc1Cl)c1ccc2c(c1)OCCO2. The Morgan fingerprint density at radius 1 is 1.17 bits per heavy atom. The summed E-state index contributed by atoms with van der Waals surface area (Å²) in [6.07, 6.45) is 0.407. The zero-order chi connectivity index (χ0) is 16.9. The fourth-order valence-electron chi connectivity index (χ4n) is 2.67. The van der Waals surface area contributed by atoms with Crippen molar-refractivity contribution in [1.82, 2.24) is 5.32 Å². The van der Waals surface area contributed by atoms with Gasteiger partial charge in [-0.05, 0) is 35.2 Å². The van der Waals surface area contributed by atoms with Gasteiger partial charge >= 0.3 is 0 Å². The zero-order valence-corrected chi connectivity index (χ0v) is 14.3. The first-order valence-corrected chi connectivity index (χ1v) is 8.41. The maximum Gasteiger partial charge on any atom is 0.220 e. The summed E-state index contributed by atoms with van der Waals surface area (Å²) in [6, 6.07) is 13.4. The van der Waals surface area contributed by atoms with Crippen LogP contribution in [0.3, 0.4) is 0 Å². The highest BCUT2D eigenvalue weighted by atomic mass is 35.5. The van der Waals surface area contributed by atoms with E-state index in [1.165, 1.54) is 0 Å². The van der Waals surface area contributed by atoms with Crippen LogP contribution in [0.25, 0.3) is 0 Å². The number of nitrogens with one attached hydrogen (secondary N) is 1. The summed E-state index contributed by atoms with van der Waals surface area (Å²) in [5.74, 6) is 1.60. The molecule has 3 rings (SSSR count). The summed E-state index contributed by atoms with van der Waals surface area (Å²) in [5, 5.41) is 3.59. The summed E-state index contributed by atoms with van der Waals surface area (Å²) in [7, 11) is 0. The van der Waals surface area contributed by atoms with Crippen LogP contribution in [-0.2, 0) is 11.3 Å². The summed E-state index contributed by atoms with van der Waals surface area (Å²) in [5.41, 5.74) is 1.98. The predicted octanol–water partition coefficient (Wildman–Crippen LogP) is 3.92. The molecule has 1 amide bonds. The number of carbonyl (C=O) groups excluding carboxylic acids is 1. The Morgan fingerprint density at radius 2 is 1.92 bits per heavy atom. The van der Waals surface area contributed by atoms with E-state index >= 15 is 0 Å². The molecule has 0 saturated heterocycles. The average Bonchev–Trinajstić information content (AvgIpc) is 2.60. The van der Waals surface area contributed by atoms with Crippen molar-refractivity contribution in [3.05, 3.63) is 58.6 Å². The summed E-state index contributed by atoms with van der Waals surface area (Å²) in [4.78, 5) is 12.2. The third-order valence-electron chi connectivity index (χ3n) is 4.06. The summed E-state index contributed by atoms with van der Waals surface area (Å²) < 4.78 is 11.1. The fraction of sp³-hybridized carbons (Fsp3) is 0.316. The number of halogens is 1. The Hall–Kier alpha value is -2.20. The molecule has 1 aliphatic heterocycles. The van der Waals surface area contributed by atoms with Gasteiger partial charge in [0.05, 0.1) is 0 Å². The Kier molecular flexibility index (Phi) is 5.26. The molecule has 0 saturated carbocycles. The number of carbonyl (C=O) groups is 1. The van der Waals surface area contributed by atoms with E-state index in [4.69, 9.17) is 21.1 Å². The Labute approximate surface area is 146 Å². The van der Waals surface area contributed by atoms with Gasteiger partial charge in [-0.3, -0.25) is 4.79 Å². The second kappa shape index (κ2) is 7.58. The van der Waals surface area contributed by atoms with Crippen LogP contribution in [0, 0.1) is 0 Å². The van der Waals surface area contributed by atoms with Crippen LogP contribution in [-0.4, -0.2) is 19.1 Å². The number of fused-ring (bicyclic) bond motifs is 1. The molecule has 0 aromatic heterocycles. The molecule has 1 N–H and O–H groups in total. The molecule has 4 nitrogen and oxygen atoms in total. The van der Waals surface area contributed by atoms with Crippen LogP contribution < -0.4 is 14.8 Å². The largest absolute Gasteiger partial charge is 0.486 e. The van der Waals surface area contributed by atoms with E-state index in [1.807, 2.05) is 49.4 Å². The third-order valence-corrected chi connectivity index (χ3v) is 4.43. The maximum absolute atomic E-state index is 12.2. The number of amides is 1. The molecular formula is C19H20ClNO3. The van der Waals surface area contributed by atoms with Crippen molar-refractivity contribution in [1.29, 1.82) is 0 Å². The van der Waals surface area contributed by atoms with Gasteiger partial charge in [0, 0.05) is 18.0 Å². The van der Waals surface area contributed by atoms with Crippen molar-refractivity contribution >= 4 is 17.5 Å². The second-order valence-electron chi connectivity index (χ2n) is 5.88. The molecular weight excluding hydrogens is 326 g/mol. The highest BCUT2D eigenvalue weighted by molar-refractivity contribution is 6.31. The van der Waals surface area contributed by atoms with Gasteiger partial charge in [-0.2, -0.15) is 0 Å². The summed E-state index contributed by atoms with van der Waals surface area (Å²) in [6.45, 7) is 3.60. The van der Waals surface area contributed by atoms with Crippen LogP contribution in [0.4, 0.5) is 0 Å². The molecule has 1 heterocycles. The molecule has 1 aliphatic rings. The van der Waals surface area contributed by atoms with Crippen LogP contribution in [0.15, 0.2) is 42.5 Å². The standard InChI is InChI=1S/C19H20ClNO3/c1-13(14-6-7-17-18(11-14)24-9-8-23-17)10-19(22)21-12-15-4-2-3-5-16(15)20/h2-7,11,13H,8-10,12H2,1H3,(H,21,22). The first-order valence-electron chi connectivity index (χ1n) is 8.03. The topological polar surface area (TPSA) is 47.6 Å². The van der Waals surface area contributed by atoms with Gasteiger partial charge in [0.1, 0.15) is 13.2 Å². The minimum absolute atomic E-state index is 0.00249. The van der Waals surface area contributed by atoms with Gasteiger partial charge in [0.25, 0.3) is 0 Å². The lowest BCUT2D eigenvalue weighted by molar-refractivity contribution is -0.121. The molecule has 0 spiro atoms. The number of hydrogen-bond acceptors (Lipinski definition) is 3. The third kappa shape index (κ3) is 4.01. The van der Waals surface area contributed by atoms with E-state index in [9.17, 15) is 4.79 Å². The maximum atomic E-state index is 12.2. The van der Waals surface area contributed by atoms with Gasteiger partial charge in [-0.1, -0.05) is 42.8 Å². The molecule has 24 heavy (non-hydrogen) atoms. The molecule has 0 radical (unpaired) electrons. The minimum atomic E-state index is -0.00249. The zero-order valence-electron chi connectivity index (χ0n) is 13.5. The molecule has 0 bridgehead atoms. The first-order chi connectivity index (χ1) is 11.6. The molecule has 1 unspecified atom stereocenters. The van der Waals surface area contributed by atoms with E-state index in [-0.39, 0.29) is 11.8 Å². The van der Waals surface area contributed by atoms with Crippen LogP contribution in [0.5, 0.6) is 11.5 Å². The molecule has 2 aromatic rings. The number of benzene rings is 2. The molecule has 0 aliphatic carbocycles. The lowest BCUT2D eigenvalue weighted by atomic mass is 9.97. The molecule has 1 atom stereocenters. The van der Waals surface area contributed by atoms with Gasteiger partial charge in [-0.25, -0.2) is 0 Å². The van der Waals surface area contributed by atoms with Gasteiger partial charge in [0.15, 0.2) is 11.5 Å². The highest BCUT2D eigenvalue weighted by Crippen LogP contribution is 2.33. The fourth-order valence-corrected chi connectivity index (χ4v) is 2.87. The smallest absolute Gasteiger partial charge is 0.220 e. The van der Waals surface area contributed by atoms with Crippen molar-refractivity contribution < 1.29 is 14.3 Å². The predicted molar refractivity (Wildman–Crippen MR) is 93.8 cm³/mol. The van der Waals surface area contributed by atoms with Crippen LogP contribution >= 0.6 is 11.6 Å². The quantitative estimate of drug-likeness (QED) is 0.893. The van der Waals surface area contributed by atoms with E-state index in [0.717, 1.165) is 22.6 Å². The molecule has 0 fully saturated rings. The lowest BCUT2D eigenvalue weighted by Crippen LogP contribution is -2.24. The van der Waals surface area contributed by atoms with Crippen molar-refractivity contribution in [3.63, 3.8) is 0 Å². The lowest BCUT2D eigenvalue weighted by Gasteiger charge is -2.20. The van der Waals surface area contributed by atoms with Crippen molar-refractivity contribution in [2.24, 2.45) is 0 Å². The van der Waals surface area contributed by atoms with E-state index in [1.54, 1.807) is 0 Å². The second-order valence-corrected chi connectivity index (χ2v) is 6.28. The van der Waals surface area contributed by atoms with Crippen molar-refractivity contribution in [3.8, 4) is 11.5 Å². The minimum Gasteiger partial charge on any atom is -0.486 e. The van der Waals surface area contributed by atoms with Gasteiger partial charge in [0.2, 0.25) is 5.91 Å². The Morgan fingerprint density at radius 3 is 2.71 bits per heavy atom. The normalized spacial score (nSPS) is 14.1. The van der Waals surface area contributed by atoms with E-state index in [2.05, 4.69) is 5.32 Å². The Bertz CT molecular complexity index is 732. The van der Waals surface area contributed by atoms with E-state index in [0.29, 0.717) is 31.2 Å². The summed E-state index contributed by atoms with van der Waals surface area (Å²) >= 11 is 6.10. The first kappa shape index (κ1) is 16.7. The molecule has 5 heteroatoms. The van der Waals surface area contributed by atoms with E-state index < -0.39 is 0 Å². The highest BCUT2D eigenvalue weighted by Gasteiger charge is 2.16. The van der Waals surface area contributed by atoms with Crippen LogP contribution in [0.2, 0.25) is 5.02 Å². The molecule has 126 valence electrons.